The number of phenols is 1. The van der Waals surface area contributed by atoms with Crippen LogP contribution in [0.4, 0.5) is 0 Å². The Labute approximate surface area is 166 Å². The van der Waals surface area contributed by atoms with E-state index in [0.29, 0.717) is 11.4 Å². The zero-order valence-electron chi connectivity index (χ0n) is 15.6. The van der Waals surface area contributed by atoms with Crippen LogP contribution in [0.2, 0.25) is 0 Å². The standard InChI is InChI=1S/C22H18N4O3/c1-29-20-11-8-15-4-2-3-5-17(15)21(20)18-12-19(25-24-18)22(28)26-23-13-14-6-9-16(27)10-7-14/h2-13,27H,1H3,(H,24,25)(H,26,28)/b23-13-. The monoisotopic (exact) mass is 386 g/mol. The Kier molecular flexibility index (Phi) is 4.94. The van der Waals surface area contributed by atoms with E-state index in [-0.39, 0.29) is 11.4 Å². The van der Waals surface area contributed by atoms with Crippen LogP contribution in [-0.2, 0) is 0 Å². The molecule has 0 aliphatic carbocycles. The summed E-state index contributed by atoms with van der Waals surface area (Å²) in [6, 6.07) is 19.9. The summed E-state index contributed by atoms with van der Waals surface area (Å²) < 4.78 is 5.50. The molecule has 144 valence electrons. The zero-order chi connectivity index (χ0) is 20.2. The molecule has 3 aromatic carbocycles. The second-order valence-corrected chi connectivity index (χ2v) is 6.32. The summed E-state index contributed by atoms with van der Waals surface area (Å²) in [6.45, 7) is 0. The van der Waals surface area contributed by atoms with Gasteiger partial charge in [-0.2, -0.15) is 10.2 Å². The molecule has 1 aromatic heterocycles. The number of nitrogens with one attached hydrogen (secondary N) is 2. The summed E-state index contributed by atoms with van der Waals surface area (Å²) in [5, 5.41) is 22.3. The van der Waals surface area contributed by atoms with Crippen LogP contribution in [0.1, 0.15) is 16.1 Å². The van der Waals surface area contributed by atoms with Crippen LogP contribution in [-0.4, -0.2) is 34.5 Å². The minimum Gasteiger partial charge on any atom is -0.508 e. The molecule has 0 aliphatic heterocycles. The van der Waals surface area contributed by atoms with Gasteiger partial charge in [0.05, 0.1) is 24.6 Å². The summed E-state index contributed by atoms with van der Waals surface area (Å²) in [5.41, 5.74) is 4.89. The molecule has 0 saturated heterocycles. The minimum atomic E-state index is -0.419. The number of hydrazone groups is 1. The number of H-pyrrole nitrogens is 1. The van der Waals surface area contributed by atoms with E-state index in [4.69, 9.17) is 4.74 Å². The van der Waals surface area contributed by atoms with E-state index in [9.17, 15) is 9.90 Å². The topological polar surface area (TPSA) is 99.6 Å². The van der Waals surface area contributed by atoms with Crippen molar-refractivity contribution in [3.8, 4) is 22.8 Å². The smallest absolute Gasteiger partial charge is 0.289 e. The van der Waals surface area contributed by atoms with Gasteiger partial charge in [0.15, 0.2) is 0 Å². The van der Waals surface area contributed by atoms with Crippen molar-refractivity contribution >= 4 is 22.9 Å². The second kappa shape index (κ2) is 7.85. The Bertz CT molecular complexity index is 1200. The third-order valence-corrected chi connectivity index (χ3v) is 4.46. The van der Waals surface area contributed by atoms with Gasteiger partial charge in [-0.05, 0) is 52.7 Å². The van der Waals surface area contributed by atoms with Crippen LogP contribution in [0.5, 0.6) is 11.5 Å². The quantitative estimate of drug-likeness (QED) is 0.360. The van der Waals surface area contributed by atoms with Gasteiger partial charge in [0, 0.05) is 0 Å². The Morgan fingerprint density at radius 1 is 1.14 bits per heavy atom. The first-order chi connectivity index (χ1) is 14.2. The molecule has 3 N–H and O–H groups in total. The number of hydrogen-bond donors (Lipinski definition) is 3. The fourth-order valence-electron chi connectivity index (χ4n) is 3.04. The Morgan fingerprint density at radius 2 is 1.93 bits per heavy atom. The van der Waals surface area contributed by atoms with Gasteiger partial charge in [0.1, 0.15) is 17.2 Å². The summed E-state index contributed by atoms with van der Waals surface area (Å²) >= 11 is 0. The first kappa shape index (κ1) is 18.2. The van der Waals surface area contributed by atoms with Gasteiger partial charge in [-0.3, -0.25) is 9.89 Å². The molecule has 0 aliphatic rings. The number of phenolic OH excluding ortho intramolecular Hbond substituents is 1. The largest absolute Gasteiger partial charge is 0.508 e. The SMILES string of the molecule is COc1ccc2ccccc2c1-c1cc(C(=O)N/N=C\c2ccc(O)cc2)[nH]n1. The molecule has 0 spiro atoms. The molecule has 0 unspecified atom stereocenters. The molecule has 0 saturated carbocycles. The third kappa shape index (κ3) is 3.79. The van der Waals surface area contributed by atoms with Crippen LogP contribution in [0.15, 0.2) is 71.8 Å². The molecule has 7 heteroatoms. The predicted octanol–water partition coefficient (Wildman–Crippen LogP) is 3.71. The Hall–Kier alpha value is -4.13. The number of aromatic nitrogens is 2. The fraction of sp³-hybridized carbons (Fsp3) is 0.0455. The Balaban J connectivity index is 1.58. The van der Waals surface area contributed by atoms with E-state index < -0.39 is 5.91 Å². The molecule has 0 bridgehead atoms. The van der Waals surface area contributed by atoms with Gasteiger partial charge in [-0.25, -0.2) is 5.43 Å². The van der Waals surface area contributed by atoms with Crippen molar-refractivity contribution < 1.29 is 14.6 Å². The lowest BCUT2D eigenvalue weighted by molar-refractivity contribution is 0.0950. The number of carbonyl (C=O) groups is 1. The minimum absolute atomic E-state index is 0.167. The number of benzene rings is 3. The van der Waals surface area contributed by atoms with Gasteiger partial charge < -0.3 is 9.84 Å². The normalized spacial score (nSPS) is 11.1. The van der Waals surface area contributed by atoms with Crippen LogP contribution >= 0.6 is 0 Å². The molecule has 7 nitrogen and oxygen atoms in total. The average Bonchev–Trinajstić information content (AvgIpc) is 3.24. The maximum absolute atomic E-state index is 12.4. The van der Waals surface area contributed by atoms with E-state index in [1.54, 1.807) is 37.4 Å². The molecule has 0 atom stereocenters. The lowest BCUT2D eigenvalue weighted by Crippen LogP contribution is -2.17. The summed E-state index contributed by atoms with van der Waals surface area (Å²) in [5.74, 6) is 0.422. The molecule has 0 fully saturated rings. The molecule has 29 heavy (non-hydrogen) atoms. The molecule has 4 rings (SSSR count). The summed E-state index contributed by atoms with van der Waals surface area (Å²) in [4.78, 5) is 12.4. The third-order valence-electron chi connectivity index (χ3n) is 4.46. The number of methoxy groups -OCH3 is 1. The van der Waals surface area contributed by atoms with Crippen LogP contribution in [0.3, 0.4) is 0 Å². The first-order valence-electron chi connectivity index (χ1n) is 8.89. The highest BCUT2D eigenvalue weighted by Gasteiger charge is 2.16. The first-order valence-corrected chi connectivity index (χ1v) is 8.89. The zero-order valence-corrected chi connectivity index (χ0v) is 15.6. The van der Waals surface area contributed by atoms with Gasteiger partial charge in [-0.15, -0.1) is 0 Å². The summed E-state index contributed by atoms with van der Waals surface area (Å²) in [6.07, 6.45) is 1.49. The molecule has 1 heterocycles. The van der Waals surface area contributed by atoms with E-state index in [1.807, 2.05) is 36.4 Å². The number of aromatic hydroxyl groups is 1. The van der Waals surface area contributed by atoms with Crippen molar-refractivity contribution in [1.82, 2.24) is 15.6 Å². The van der Waals surface area contributed by atoms with Gasteiger partial charge >= 0.3 is 0 Å². The maximum atomic E-state index is 12.4. The maximum Gasteiger partial charge on any atom is 0.289 e. The number of hydrogen-bond acceptors (Lipinski definition) is 5. The molecular weight excluding hydrogens is 368 g/mol. The number of nitrogens with zero attached hydrogens (tertiary/aromatic N) is 2. The number of rotatable bonds is 5. The van der Waals surface area contributed by atoms with Crippen LogP contribution in [0.25, 0.3) is 22.0 Å². The number of ether oxygens (including phenoxy) is 1. The highest BCUT2D eigenvalue weighted by molar-refractivity contribution is 6.00. The van der Waals surface area contributed by atoms with Gasteiger partial charge in [0.25, 0.3) is 5.91 Å². The number of fused-ring (bicyclic) bond motifs is 1. The molecule has 0 radical (unpaired) electrons. The Morgan fingerprint density at radius 3 is 2.72 bits per heavy atom. The van der Waals surface area contributed by atoms with Crippen molar-refractivity contribution in [3.05, 3.63) is 78.0 Å². The number of amides is 1. The molecular formula is C22H18N4O3. The van der Waals surface area contributed by atoms with Crippen LogP contribution in [0, 0.1) is 0 Å². The van der Waals surface area contributed by atoms with Crippen molar-refractivity contribution in [2.75, 3.05) is 7.11 Å². The van der Waals surface area contributed by atoms with Crippen molar-refractivity contribution in [2.45, 2.75) is 0 Å². The number of carbonyl (C=O) groups excluding carboxylic acids is 1. The van der Waals surface area contributed by atoms with Crippen molar-refractivity contribution in [1.29, 1.82) is 0 Å². The molecule has 1 amide bonds. The lowest BCUT2D eigenvalue weighted by atomic mass is 10.0. The highest BCUT2D eigenvalue weighted by Crippen LogP contribution is 2.36. The summed E-state index contributed by atoms with van der Waals surface area (Å²) in [7, 11) is 1.60. The van der Waals surface area contributed by atoms with E-state index in [2.05, 4.69) is 20.7 Å². The lowest BCUT2D eigenvalue weighted by Gasteiger charge is -2.09. The molecule has 4 aromatic rings. The average molecular weight is 386 g/mol. The highest BCUT2D eigenvalue weighted by atomic mass is 16.5. The fourth-order valence-corrected chi connectivity index (χ4v) is 3.04. The van der Waals surface area contributed by atoms with Crippen LogP contribution < -0.4 is 10.2 Å². The second-order valence-electron chi connectivity index (χ2n) is 6.32. The van der Waals surface area contributed by atoms with Crippen molar-refractivity contribution in [2.24, 2.45) is 5.10 Å². The van der Waals surface area contributed by atoms with E-state index in [0.717, 1.165) is 21.9 Å². The number of aromatic amines is 1. The van der Waals surface area contributed by atoms with Gasteiger partial charge in [0.2, 0.25) is 0 Å². The van der Waals surface area contributed by atoms with Gasteiger partial charge in [-0.1, -0.05) is 30.3 Å². The van der Waals surface area contributed by atoms with E-state index in [1.165, 1.54) is 6.21 Å². The predicted molar refractivity (Wildman–Crippen MR) is 111 cm³/mol. The van der Waals surface area contributed by atoms with Crippen molar-refractivity contribution in [3.63, 3.8) is 0 Å². The van der Waals surface area contributed by atoms with E-state index >= 15 is 0 Å².